The van der Waals surface area contributed by atoms with E-state index in [1.165, 1.54) is 24.3 Å². The molecule has 8 nitrogen and oxygen atoms in total. The van der Waals surface area contributed by atoms with Crippen LogP contribution < -0.4 is 10.7 Å². The standard InChI is InChI=1S/C18H15NO7/c20-6-5-19-18(25)17-14(9-1-3-10(21)4-2-9)16(24)15-12(23)7-11(22)8-13(15)26-17/h1-4,7-8,20-23H,5-6H2,(H,19,25). The highest BCUT2D eigenvalue weighted by atomic mass is 16.3. The number of hydrogen-bond donors (Lipinski definition) is 5. The van der Waals surface area contributed by atoms with E-state index < -0.39 is 17.1 Å². The van der Waals surface area contributed by atoms with Gasteiger partial charge in [-0.25, -0.2) is 0 Å². The predicted molar refractivity (Wildman–Crippen MR) is 92.3 cm³/mol. The summed E-state index contributed by atoms with van der Waals surface area (Å²) in [6, 6.07) is 7.63. The summed E-state index contributed by atoms with van der Waals surface area (Å²) in [5.41, 5.74) is -0.665. The molecule has 5 N–H and O–H groups in total. The Bertz CT molecular complexity index is 1040. The Kier molecular flexibility index (Phi) is 4.51. The van der Waals surface area contributed by atoms with Gasteiger partial charge in [-0.2, -0.15) is 0 Å². The number of amides is 1. The number of aliphatic hydroxyl groups excluding tert-OH is 1. The van der Waals surface area contributed by atoms with Crippen LogP contribution >= 0.6 is 0 Å². The number of carbonyl (C=O) groups excluding carboxylic acids is 1. The van der Waals surface area contributed by atoms with E-state index in [0.717, 1.165) is 12.1 Å². The Morgan fingerprint density at radius 2 is 1.73 bits per heavy atom. The summed E-state index contributed by atoms with van der Waals surface area (Å²) in [7, 11) is 0. The van der Waals surface area contributed by atoms with Crippen molar-refractivity contribution in [3.8, 4) is 28.4 Å². The molecular weight excluding hydrogens is 342 g/mol. The summed E-state index contributed by atoms with van der Waals surface area (Å²) in [6.07, 6.45) is 0. The third kappa shape index (κ3) is 3.05. The van der Waals surface area contributed by atoms with Crippen molar-refractivity contribution in [3.63, 3.8) is 0 Å². The number of aromatic hydroxyl groups is 3. The van der Waals surface area contributed by atoms with Crippen LogP contribution in [0.5, 0.6) is 17.2 Å². The van der Waals surface area contributed by atoms with E-state index in [4.69, 9.17) is 9.52 Å². The highest BCUT2D eigenvalue weighted by molar-refractivity contribution is 6.01. The van der Waals surface area contributed by atoms with E-state index in [9.17, 15) is 24.9 Å². The molecule has 3 rings (SSSR count). The van der Waals surface area contributed by atoms with Gasteiger partial charge in [0.05, 0.1) is 12.2 Å². The van der Waals surface area contributed by atoms with Crippen molar-refractivity contribution < 1.29 is 29.6 Å². The molecule has 2 aromatic carbocycles. The van der Waals surface area contributed by atoms with E-state index in [0.29, 0.717) is 5.56 Å². The van der Waals surface area contributed by atoms with Crippen molar-refractivity contribution in [2.45, 2.75) is 0 Å². The molecule has 0 aliphatic carbocycles. The molecule has 134 valence electrons. The Morgan fingerprint density at radius 3 is 2.38 bits per heavy atom. The first-order valence-electron chi connectivity index (χ1n) is 7.63. The van der Waals surface area contributed by atoms with E-state index in [2.05, 4.69) is 5.32 Å². The molecule has 0 bridgehead atoms. The smallest absolute Gasteiger partial charge is 0.287 e. The van der Waals surface area contributed by atoms with Crippen molar-refractivity contribution in [1.29, 1.82) is 0 Å². The second-order valence-electron chi connectivity index (χ2n) is 5.50. The van der Waals surface area contributed by atoms with Crippen molar-refractivity contribution in [3.05, 3.63) is 52.4 Å². The van der Waals surface area contributed by atoms with E-state index in [1.54, 1.807) is 0 Å². The molecule has 0 spiro atoms. The lowest BCUT2D eigenvalue weighted by Gasteiger charge is -2.11. The maximum absolute atomic E-state index is 13.0. The largest absolute Gasteiger partial charge is 0.508 e. The molecule has 0 unspecified atom stereocenters. The van der Waals surface area contributed by atoms with Crippen molar-refractivity contribution in [2.24, 2.45) is 0 Å². The molecule has 0 aliphatic rings. The minimum Gasteiger partial charge on any atom is -0.508 e. The molecule has 3 aromatic rings. The lowest BCUT2D eigenvalue weighted by atomic mass is 10.0. The van der Waals surface area contributed by atoms with Gasteiger partial charge in [0.2, 0.25) is 11.2 Å². The average molecular weight is 357 g/mol. The molecular formula is C18H15NO7. The topological polar surface area (TPSA) is 140 Å². The third-order valence-electron chi connectivity index (χ3n) is 3.72. The summed E-state index contributed by atoms with van der Waals surface area (Å²) in [5.74, 6) is -1.94. The lowest BCUT2D eigenvalue weighted by molar-refractivity contribution is 0.0918. The molecule has 26 heavy (non-hydrogen) atoms. The zero-order chi connectivity index (χ0) is 18.8. The number of fused-ring (bicyclic) bond motifs is 1. The fourth-order valence-corrected chi connectivity index (χ4v) is 2.58. The fourth-order valence-electron chi connectivity index (χ4n) is 2.58. The molecule has 0 atom stereocenters. The van der Waals surface area contributed by atoms with Crippen LogP contribution in [0.4, 0.5) is 0 Å². The Morgan fingerprint density at radius 1 is 1.04 bits per heavy atom. The highest BCUT2D eigenvalue weighted by Crippen LogP contribution is 2.32. The van der Waals surface area contributed by atoms with Gasteiger partial charge in [0, 0.05) is 18.7 Å². The molecule has 1 amide bonds. The minimum absolute atomic E-state index is 0.0296. The van der Waals surface area contributed by atoms with Gasteiger partial charge >= 0.3 is 0 Å². The van der Waals surface area contributed by atoms with Crippen LogP contribution in [0.1, 0.15) is 10.6 Å². The molecule has 0 fully saturated rings. The average Bonchev–Trinajstić information content (AvgIpc) is 2.59. The van der Waals surface area contributed by atoms with Crippen LogP contribution in [-0.2, 0) is 0 Å². The number of benzene rings is 2. The van der Waals surface area contributed by atoms with E-state index in [1.807, 2.05) is 0 Å². The zero-order valence-corrected chi connectivity index (χ0v) is 13.4. The molecule has 0 radical (unpaired) electrons. The molecule has 0 saturated heterocycles. The van der Waals surface area contributed by atoms with Gasteiger partial charge in [0.25, 0.3) is 5.91 Å². The van der Waals surface area contributed by atoms with Crippen LogP contribution in [-0.4, -0.2) is 39.5 Å². The number of hydrogen-bond acceptors (Lipinski definition) is 7. The van der Waals surface area contributed by atoms with Gasteiger partial charge in [0.1, 0.15) is 28.2 Å². The molecule has 1 aromatic heterocycles. The van der Waals surface area contributed by atoms with Gasteiger partial charge in [-0.1, -0.05) is 12.1 Å². The maximum Gasteiger partial charge on any atom is 0.287 e. The van der Waals surface area contributed by atoms with E-state index in [-0.39, 0.29) is 46.9 Å². The highest BCUT2D eigenvalue weighted by Gasteiger charge is 2.23. The monoisotopic (exact) mass is 357 g/mol. The van der Waals surface area contributed by atoms with E-state index >= 15 is 0 Å². The second kappa shape index (κ2) is 6.77. The summed E-state index contributed by atoms with van der Waals surface area (Å²) in [5, 5.41) is 40.2. The van der Waals surface area contributed by atoms with Crippen molar-refractivity contribution in [1.82, 2.24) is 5.32 Å². The molecule has 0 saturated carbocycles. The quantitative estimate of drug-likeness (QED) is 0.474. The predicted octanol–water partition coefficient (Wildman–Crippen LogP) is 1.30. The van der Waals surface area contributed by atoms with Gasteiger partial charge < -0.3 is 30.2 Å². The van der Waals surface area contributed by atoms with Crippen LogP contribution in [0.2, 0.25) is 0 Å². The van der Waals surface area contributed by atoms with Crippen LogP contribution in [0, 0.1) is 0 Å². The van der Waals surface area contributed by atoms with Gasteiger partial charge in [0.15, 0.2) is 0 Å². The minimum atomic E-state index is -0.746. The fraction of sp³-hybridized carbons (Fsp3) is 0.111. The first-order chi connectivity index (χ1) is 12.4. The van der Waals surface area contributed by atoms with Gasteiger partial charge in [-0.15, -0.1) is 0 Å². The number of rotatable bonds is 4. The number of aliphatic hydroxyl groups is 1. The van der Waals surface area contributed by atoms with Crippen LogP contribution in [0.15, 0.2) is 45.6 Å². The van der Waals surface area contributed by atoms with Gasteiger partial charge in [-0.3, -0.25) is 9.59 Å². The zero-order valence-electron chi connectivity index (χ0n) is 13.4. The maximum atomic E-state index is 13.0. The third-order valence-corrected chi connectivity index (χ3v) is 3.72. The first-order valence-corrected chi connectivity index (χ1v) is 7.63. The summed E-state index contributed by atoms with van der Waals surface area (Å²) < 4.78 is 5.50. The lowest BCUT2D eigenvalue weighted by Crippen LogP contribution is -2.28. The van der Waals surface area contributed by atoms with Crippen LogP contribution in [0.25, 0.3) is 22.1 Å². The normalized spacial score (nSPS) is 10.8. The van der Waals surface area contributed by atoms with Crippen molar-refractivity contribution in [2.75, 3.05) is 13.2 Å². The number of phenolic OH excluding ortho intramolecular Hbond substituents is 3. The second-order valence-corrected chi connectivity index (χ2v) is 5.50. The Labute approximate surface area is 146 Å². The summed E-state index contributed by atoms with van der Waals surface area (Å²) >= 11 is 0. The Hall–Kier alpha value is -3.52. The number of phenols is 3. The molecule has 1 heterocycles. The molecule has 8 heteroatoms. The summed E-state index contributed by atoms with van der Waals surface area (Å²) in [6.45, 7) is -0.361. The Balaban J connectivity index is 2.34. The SMILES string of the molecule is O=C(NCCO)c1oc2cc(O)cc(O)c2c(=O)c1-c1ccc(O)cc1. The number of carbonyl (C=O) groups is 1. The molecule has 0 aliphatic heterocycles. The first kappa shape index (κ1) is 17.3. The van der Waals surface area contributed by atoms with Gasteiger partial charge in [-0.05, 0) is 17.7 Å². The summed E-state index contributed by atoms with van der Waals surface area (Å²) in [4.78, 5) is 25.4. The van der Waals surface area contributed by atoms with Crippen LogP contribution in [0.3, 0.4) is 0 Å². The van der Waals surface area contributed by atoms with Crippen molar-refractivity contribution >= 4 is 16.9 Å². The number of nitrogens with one attached hydrogen (secondary N) is 1.